The van der Waals surface area contributed by atoms with Crippen molar-refractivity contribution in [3.8, 4) is 5.75 Å². The summed E-state index contributed by atoms with van der Waals surface area (Å²) in [5, 5.41) is 3.46. The first kappa shape index (κ1) is 27.8. The van der Waals surface area contributed by atoms with Crippen LogP contribution in [0.1, 0.15) is 49.4 Å². The number of nitrogens with one attached hydrogen (secondary N) is 1. The first-order chi connectivity index (χ1) is 16.9. The number of sulfonamides is 1. The molecular formula is C27H30Cl2N2O4S. The third-order valence-corrected chi connectivity index (χ3v) is 8.06. The van der Waals surface area contributed by atoms with E-state index < -0.39 is 22.5 Å². The summed E-state index contributed by atoms with van der Waals surface area (Å²) >= 11 is 12.3. The summed E-state index contributed by atoms with van der Waals surface area (Å²) in [5.41, 5.74) is 3.11. The van der Waals surface area contributed by atoms with Crippen molar-refractivity contribution in [2.45, 2.75) is 44.6 Å². The predicted molar refractivity (Wildman–Crippen MR) is 146 cm³/mol. The Labute approximate surface area is 223 Å². The van der Waals surface area contributed by atoms with Crippen LogP contribution in [0, 0.1) is 6.92 Å². The van der Waals surface area contributed by atoms with Crippen molar-refractivity contribution in [1.29, 1.82) is 0 Å². The van der Waals surface area contributed by atoms with Gasteiger partial charge in [0, 0.05) is 10.0 Å². The molecule has 0 saturated carbocycles. The van der Waals surface area contributed by atoms with Gasteiger partial charge in [-0.2, -0.15) is 0 Å². The number of amides is 1. The minimum absolute atomic E-state index is 0.0505. The lowest BCUT2D eigenvalue weighted by Crippen LogP contribution is -2.41. The molecule has 1 N–H and O–H groups in total. The Morgan fingerprint density at radius 1 is 0.972 bits per heavy atom. The number of aryl methyl sites for hydroxylation is 1. The molecule has 0 aliphatic rings. The molecule has 36 heavy (non-hydrogen) atoms. The van der Waals surface area contributed by atoms with Crippen molar-refractivity contribution in [3.63, 3.8) is 0 Å². The highest BCUT2D eigenvalue weighted by Crippen LogP contribution is 2.33. The quantitative estimate of drug-likeness (QED) is 0.330. The minimum Gasteiger partial charge on any atom is -0.496 e. The number of carbonyl (C=O) groups excluding carboxylic acids is 1. The zero-order valence-electron chi connectivity index (χ0n) is 20.9. The lowest BCUT2D eigenvalue weighted by atomic mass is 9.93. The summed E-state index contributed by atoms with van der Waals surface area (Å²) in [4.78, 5) is 13.3. The van der Waals surface area contributed by atoms with Gasteiger partial charge in [0.25, 0.3) is 10.0 Å². The number of nitrogens with zero attached hydrogens (tertiary/aromatic N) is 1. The number of hydrogen-bond acceptors (Lipinski definition) is 4. The summed E-state index contributed by atoms with van der Waals surface area (Å²) in [6.45, 7) is 7.50. The molecule has 3 aromatic rings. The maximum atomic E-state index is 13.5. The fraction of sp³-hybridized carbons (Fsp3) is 0.296. The molecule has 0 aliphatic carbocycles. The van der Waals surface area contributed by atoms with E-state index in [0.717, 1.165) is 26.7 Å². The molecule has 1 amide bonds. The SMILES string of the molecule is COc1cc(C)c([C@H](C)NC(=O)CN(c2cc(Cl)cc(Cl)c2)S(=O)(=O)c2ccccc2)cc1C(C)C. The van der Waals surface area contributed by atoms with Gasteiger partial charge in [0.1, 0.15) is 12.3 Å². The first-order valence-electron chi connectivity index (χ1n) is 11.5. The van der Waals surface area contributed by atoms with Crippen molar-refractivity contribution in [2.75, 3.05) is 18.0 Å². The highest BCUT2D eigenvalue weighted by Gasteiger charge is 2.28. The molecule has 1 atom stereocenters. The number of halogens is 2. The van der Waals surface area contributed by atoms with E-state index in [0.29, 0.717) is 0 Å². The molecule has 192 valence electrons. The number of carbonyl (C=O) groups is 1. The molecular weight excluding hydrogens is 519 g/mol. The van der Waals surface area contributed by atoms with Crippen LogP contribution >= 0.6 is 23.2 Å². The first-order valence-corrected chi connectivity index (χ1v) is 13.6. The molecule has 0 bridgehead atoms. The van der Waals surface area contributed by atoms with E-state index in [9.17, 15) is 13.2 Å². The topological polar surface area (TPSA) is 75.7 Å². The van der Waals surface area contributed by atoms with Crippen LogP contribution in [0.2, 0.25) is 10.0 Å². The molecule has 0 aliphatic heterocycles. The molecule has 6 nitrogen and oxygen atoms in total. The average molecular weight is 550 g/mol. The van der Waals surface area contributed by atoms with Gasteiger partial charge in [-0.25, -0.2) is 8.42 Å². The Morgan fingerprint density at radius 3 is 2.14 bits per heavy atom. The van der Waals surface area contributed by atoms with Gasteiger partial charge in [0.15, 0.2) is 0 Å². The molecule has 0 fully saturated rings. The molecule has 3 rings (SSSR count). The van der Waals surface area contributed by atoms with Crippen LogP contribution < -0.4 is 14.4 Å². The molecule has 3 aromatic carbocycles. The lowest BCUT2D eigenvalue weighted by Gasteiger charge is -2.26. The Hall–Kier alpha value is -2.74. The Balaban J connectivity index is 1.94. The van der Waals surface area contributed by atoms with E-state index in [-0.39, 0.29) is 32.6 Å². The summed E-state index contributed by atoms with van der Waals surface area (Å²) in [6, 6.07) is 16.0. The number of rotatable bonds is 9. The fourth-order valence-corrected chi connectivity index (χ4v) is 5.96. The second-order valence-electron chi connectivity index (χ2n) is 8.85. The van der Waals surface area contributed by atoms with Crippen molar-refractivity contribution < 1.29 is 17.9 Å². The molecule has 0 aromatic heterocycles. The fourth-order valence-electron chi connectivity index (χ4n) is 4.02. The summed E-state index contributed by atoms with van der Waals surface area (Å²) < 4.78 is 33.6. The summed E-state index contributed by atoms with van der Waals surface area (Å²) in [7, 11) is -2.45. The molecule has 0 saturated heterocycles. The molecule has 0 spiro atoms. The van der Waals surface area contributed by atoms with Crippen LogP contribution in [0.3, 0.4) is 0 Å². The molecule has 0 heterocycles. The monoisotopic (exact) mass is 548 g/mol. The average Bonchev–Trinajstić information content (AvgIpc) is 2.81. The standard InChI is InChI=1S/C27H30Cl2N2O4S/c1-17(2)24-15-25(18(3)11-26(24)35-5)19(4)30-27(32)16-31(22-13-20(28)12-21(29)14-22)36(33,34)23-9-7-6-8-10-23/h6-15,17,19H,16H2,1-5H3,(H,30,32)/t19-/m0/s1. The largest absolute Gasteiger partial charge is 0.496 e. The highest BCUT2D eigenvalue weighted by molar-refractivity contribution is 7.92. The van der Waals surface area contributed by atoms with Gasteiger partial charge in [-0.1, -0.05) is 55.2 Å². The Morgan fingerprint density at radius 2 is 1.58 bits per heavy atom. The van der Waals surface area contributed by atoms with Crippen LogP contribution in [0.15, 0.2) is 65.6 Å². The van der Waals surface area contributed by atoms with E-state index in [1.54, 1.807) is 25.3 Å². The minimum atomic E-state index is -4.08. The van der Waals surface area contributed by atoms with Gasteiger partial charge in [0.05, 0.1) is 23.7 Å². The maximum Gasteiger partial charge on any atom is 0.264 e. The number of methoxy groups -OCH3 is 1. The third-order valence-electron chi connectivity index (χ3n) is 5.84. The summed E-state index contributed by atoms with van der Waals surface area (Å²) in [6.07, 6.45) is 0. The Kier molecular flexibility index (Phi) is 8.93. The normalized spacial score (nSPS) is 12.3. The van der Waals surface area contributed by atoms with E-state index >= 15 is 0 Å². The van der Waals surface area contributed by atoms with Crippen LogP contribution in [0.4, 0.5) is 5.69 Å². The summed E-state index contributed by atoms with van der Waals surface area (Å²) in [5.74, 6) is 0.545. The number of benzene rings is 3. The smallest absolute Gasteiger partial charge is 0.264 e. The van der Waals surface area contributed by atoms with E-state index in [1.807, 2.05) is 26.0 Å². The predicted octanol–water partition coefficient (Wildman–Crippen LogP) is 6.51. The number of ether oxygens (including phenoxy) is 1. The van der Waals surface area contributed by atoms with Crippen molar-refractivity contribution in [3.05, 3.63) is 87.4 Å². The van der Waals surface area contributed by atoms with E-state index in [2.05, 4.69) is 19.2 Å². The zero-order chi connectivity index (χ0) is 26.6. The van der Waals surface area contributed by atoms with Crippen LogP contribution in [-0.4, -0.2) is 28.0 Å². The van der Waals surface area contributed by atoms with Crippen molar-refractivity contribution in [1.82, 2.24) is 5.32 Å². The second kappa shape index (κ2) is 11.5. The van der Waals surface area contributed by atoms with Crippen molar-refractivity contribution >= 4 is 44.8 Å². The van der Waals surface area contributed by atoms with Gasteiger partial charge in [0.2, 0.25) is 5.91 Å². The number of hydrogen-bond donors (Lipinski definition) is 1. The van der Waals surface area contributed by atoms with Gasteiger partial charge in [-0.15, -0.1) is 0 Å². The second-order valence-corrected chi connectivity index (χ2v) is 11.6. The van der Waals surface area contributed by atoms with Crippen molar-refractivity contribution in [2.24, 2.45) is 0 Å². The molecule has 0 unspecified atom stereocenters. The van der Waals surface area contributed by atoms with Gasteiger partial charge in [-0.05, 0) is 78.9 Å². The Bertz CT molecular complexity index is 1330. The van der Waals surface area contributed by atoms with Gasteiger partial charge < -0.3 is 10.1 Å². The number of anilines is 1. The third kappa shape index (κ3) is 6.33. The highest BCUT2D eigenvalue weighted by atomic mass is 35.5. The lowest BCUT2D eigenvalue weighted by molar-refractivity contribution is -0.120. The van der Waals surface area contributed by atoms with E-state index in [1.165, 1.54) is 30.3 Å². The molecule has 0 radical (unpaired) electrons. The maximum absolute atomic E-state index is 13.5. The van der Waals surface area contributed by atoms with Crippen LogP contribution in [0.5, 0.6) is 5.75 Å². The van der Waals surface area contributed by atoms with E-state index in [4.69, 9.17) is 27.9 Å². The van der Waals surface area contributed by atoms with Crippen LogP contribution in [0.25, 0.3) is 0 Å². The zero-order valence-corrected chi connectivity index (χ0v) is 23.2. The molecule has 9 heteroatoms. The van der Waals surface area contributed by atoms with Gasteiger partial charge >= 0.3 is 0 Å². The van der Waals surface area contributed by atoms with Crippen LogP contribution in [-0.2, 0) is 14.8 Å². The van der Waals surface area contributed by atoms with Gasteiger partial charge in [-0.3, -0.25) is 9.10 Å².